The average Bonchev–Trinajstić information content (AvgIpc) is 2.28. The van der Waals surface area contributed by atoms with Crippen LogP contribution in [0, 0.1) is 0 Å². The first-order valence-electron chi connectivity index (χ1n) is 5.70. The molecule has 1 N–H and O–H groups in total. The van der Waals surface area contributed by atoms with Crippen molar-refractivity contribution >= 4 is 15.9 Å². The number of halogens is 1. The molecule has 1 atom stereocenters. The molecule has 0 aliphatic rings. The van der Waals surface area contributed by atoms with Gasteiger partial charge < -0.3 is 10.1 Å². The van der Waals surface area contributed by atoms with Crippen LogP contribution in [0.25, 0.3) is 0 Å². The second-order valence-electron chi connectivity index (χ2n) is 3.99. The Balaban J connectivity index is 2.60. The molecule has 1 unspecified atom stereocenters. The molecule has 1 aromatic rings. The quantitative estimate of drug-likeness (QED) is 0.864. The maximum absolute atomic E-state index is 5.71. The van der Waals surface area contributed by atoms with Gasteiger partial charge in [0.1, 0.15) is 0 Å². The second-order valence-corrected chi connectivity index (χ2v) is 4.84. The Hall–Kier alpha value is -0.380. The van der Waals surface area contributed by atoms with Gasteiger partial charge in [-0.1, -0.05) is 35.0 Å². The van der Waals surface area contributed by atoms with E-state index in [0.717, 1.165) is 17.4 Å². The molecule has 0 saturated carbocycles. The summed E-state index contributed by atoms with van der Waals surface area (Å²) >= 11 is 3.58. The van der Waals surface area contributed by atoms with Crippen molar-refractivity contribution in [3.63, 3.8) is 0 Å². The van der Waals surface area contributed by atoms with Crippen LogP contribution in [0.15, 0.2) is 22.7 Å². The summed E-state index contributed by atoms with van der Waals surface area (Å²) in [5.41, 5.74) is 2.49. The van der Waals surface area contributed by atoms with Gasteiger partial charge in [0.2, 0.25) is 0 Å². The van der Waals surface area contributed by atoms with Gasteiger partial charge in [0.05, 0.1) is 12.7 Å². The second kappa shape index (κ2) is 7.05. The minimum Gasteiger partial charge on any atom is -0.374 e. The van der Waals surface area contributed by atoms with Crippen LogP contribution >= 0.6 is 15.9 Å². The van der Waals surface area contributed by atoms with E-state index in [9.17, 15) is 0 Å². The molecule has 0 aliphatic carbocycles. The van der Waals surface area contributed by atoms with Gasteiger partial charge in [0.15, 0.2) is 0 Å². The summed E-state index contributed by atoms with van der Waals surface area (Å²) in [4.78, 5) is 0. The minimum atomic E-state index is 0.323. The van der Waals surface area contributed by atoms with Crippen LogP contribution in [0.4, 0.5) is 0 Å². The van der Waals surface area contributed by atoms with Crippen LogP contribution < -0.4 is 5.32 Å². The summed E-state index contributed by atoms with van der Waals surface area (Å²) in [7, 11) is 1.95. The van der Waals surface area contributed by atoms with Crippen molar-refractivity contribution in [3.8, 4) is 0 Å². The first-order chi connectivity index (χ1) is 7.67. The van der Waals surface area contributed by atoms with Crippen LogP contribution in [-0.4, -0.2) is 13.2 Å². The Bertz CT molecular complexity index is 328. The molecule has 16 heavy (non-hydrogen) atoms. The highest BCUT2D eigenvalue weighted by Gasteiger charge is 2.04. The molecule has 3 heteroatoms. The Kier molecular flexibility index (Phi) is 6.03. The van der Waals surface area contributed by atoms with Gasteiger partial charge in [-0.3, -0.25) is 0 Å². The predicted octanol–water partition coefficient (Wildman–Crippen LogP) is 3.48. The van der Waals surface area contributed by atoms with Crippen molar-refractivity contribution in [2.24, 2.45) is 0 Å². The number of benzene rings is 1. The molecule has 90 valence electrons. The third kappa shape index (κ3) is 4.24. The summed E-state index contributed by atoms with van der Waals surface area (Å²) in [5, 5.41) is 3.14. The lowest BCUT2D eigenvalue weighted by molar-refractivity contribution is 0.0505. The summed E-state index contributed by atoms with van der Waals surface area (Å²) in [6.45, 7) is 5.81. The molecule has 2 nitrogen and oxygen atoms in total. The van der Waals surface area contributed by atoms with Crippen LogP contribution in [-0.2, 0) is 17.9 Å². The maximum Gasteiger partial charge on any atom is 0.0731 e. The molecular formula is C13H20BrNO. The summed E-state index contributed by atoms with van der Waals surface area (Å²) in [6.07, 6.45) is 1.37. The van der Waals surface area contributed by atoms with Gasteiger partial charge in [0, 0.05) is 11.0 Å². The van der Waals surface area contributed by atoms with Crippen LogP contribution in [0.1, 0.15) is 31.4 Å². The molecule has 0 heterocycles. The van der Waals surface area contributed by atoms with Gasteiger partial charge in [-0.25, -0.2) is 0 Å². The lowest BCUT2D eigenvalue weighted by Gasteiger charge is -2.12. The zero-order valence-electron chi connectivity index (χ0n) is 10.2. The van der Waals surface area contributed by atoms with E-state index in [0.29, 0.717) is 12.7 Å². The third-order valence-electron chi connectivity index (χ3n) is 2.60. The molecular weight excluding hydrogens is 266 g/mol. The van der Waals surface area contributed by atoms with Gasteiger partial charge in [-0.2, -0.15) is 0 Å². The van der Waals surface area contributed by atoms with Gasteiger partial charge in [-0.15, -0.1) is 0 Å². The van der Waals surface area contributed by atoms with E-state index < -0.39 is 0 Å². The van der Waals surface area contributed by atoms with Crippen molar-refractivity contribution in [1.29, 1.82) is 0 Å². The molecule has 0 bridgehead atoms. The number of rotatable bonds is 6. The molecule has 0 aromatic heterocycles. The Morgan fingerprint density at radius 1 is 1.44 bits per heavy atom. The molecule has 0 radical (unpaired) electrons. The number of ether oxygens (including phenoxy) is 1. The van der Waals surface area contributed by atoms with Crippen molar-refractivity contribution in [3.05, 3.63) is 33.8 Å². The summed E-state index contributed by atoms with van der Waals surface area (Å²) in [6, 6.07) is 6.40. The van der Waals surface area contributed by atoms with Crippen molar-refractivity contribution in [1.82, 2.24) is 5.32 Å². The zero-order chi connectivity index (χ0) is 12.0. The first kappa shape index (κ1) is 13.7. The highest BCUT2D eigenvalue weighted by atomic mass is 79.9. The normalized spacial score (nSPS) is 12.8. The molecule has 0 fully saturated rings. The number of hydrogen-bond acceptors (Lipinski definition) is 2. The molecule has 0 saturated heterocycles. The topological polar surface area (TPSA) is 21.3 Å². The average molecular weight is 286 g/mol. The molecule has 1 aromatic carbocycles. The van der Waals surface area contributed by atoms with Gasteiger partial charge in [-0.05, 0) is 37.6 Å². The monoisotopic (exact) mass is 285 g/mol. The van der Waals surface area contributed by atoms with Crippen molar-refractivity contribution in [2.45, 2.75) is 39.5 Å². The zero-order valence-corrected chi connectivity index (χ0v) is 11.8. The van der Waals surface area contributed by atoms with Gasteiger partial charge >= 0.3 is 0 Å². The standard InChI is InChI=1S/C13H20BrNO/c1-4-10(2)16-9-12-6-5-11(8-15-3)7-13(12)14/h5-7,10,15H,4,8-9H2,1-3H3. The summed E-state index contributed by atoms with van der Waals surface area (Å²) in [5.74, 6) is 0. The molecule has 0 aliphatic heterocycles. The fourth-order valence-corrected chi connectivity index (χ4v) is 1.91. The fourth-order valence-electron chi connectivity index (χ4n) is 1.37. The molecule has 0 amide bonds. The lowest BCUT2D eigenvalue weighted by atomic mass is 10.1. The number of nitrogens with one attached hydrogen (secondary N) is 1. The Morgan fingerprint density at radius 3 is 2.75 bits per heavy atom. The van der Waals surface area contributed by atoms with Crippen LogP contribution in [0.2, 0.25) is 0 Å². The first-order valence-corrected chi connectivity index (χ1v) is 6.50. The van der Waals surface area contributed by atoms with E-state index in [4.69, 9.17) is 4.74 Å². The molecule has 0 spiro atoms. The fraction of sp³-hybridized carbons (Fsp3) is 0.538. The van der Waals surface area contributed by atoms with Crippen LogP contribution in [0.3, 0.4) is 0 Å². The summed E-state index contributed by atoms with van der Waals surface area (Å²) < 4.78 is 6.84. The van der Waals surface area contributed by atoms with Crippen LogP contribution in [0.5, 0.6) is 0 Å². The maximum atomic E-state index is 5.71. The van der Waals surface area contributed by atoms with E-state index in [1.165, 1.54) is 11.1 Å². The van der Waals surface area contributed by atoms with E-state index >= 15 is 0 Å². The highest BCUT2D eigenvalue weighted by molar-refractivity contribution is 9.10. The SMILES string of the molecule is CCC(C)OCc1ccc(CNC)cc1Br. The van der Waals surface area contributed by atoms with E-state index in [1.54, 1.807) is 0 Å². The van der Waals surface area contributed by atoms with Crippen molar-refractivity contribution < 1.29 is 4.74 Å². The van der Waals surface area contributed by atoms with E-state index in [2.05, 4.69) is 53.3 Å². The molecule has 1 rings (SSSR count). The van der Waals surface area contributed by atoms with Gasteiger partial charge in [0.25, 0.3) is 0 Å². The Labute approximate surface area is 107 Å². The van der Waals surface area contributed by atoms with E-state index in [-0.39, 0.29) is 0 Å². The highest BCUT2D eigenvalue weighted by Crippen LogP contribution is 2.20. The third-order valence-corrected chi connectivity index (χ3v) is 3.33. The van der Waals surface area contributed by atoms with E-state index in [1.807, 2.05) is 7.05 Å². The smallest absolute Gasteiger partial charge is 0.0731 e. The minimum absolute atomic E-state index is 0.323. The Morgan fingerprint density at radius 2 is 2.19 bits per heavy atom. The lowest BCUT2D eigenvalue weighted by Crippen LogP contribution is -2.07. The predicted molar refractivity (Wildman–Crippen MR) is 71.4 cm³/mol. The number of hydrogen-bond donors (Lipinski definition) is 1. The largest absolute Gasteiger partial charge is 0.374 e. The van der Waals surface area contributed by atoms with Crippen molar-refractivity contribution in [2.75, 3.05) is 7.05 Å².